The maximum absolute atomic E-state index is 2.37. The van der Waals surface area contributed by atoms with Crippen LogP contribution in [0.4, 0.5) is 0 Å². The zero-order chi connectivity index (χ0) is 10.3. The third-order valence-corrected chi connectivity index (χ3v) is 2.45. The van der Waals surface area contributed by atoms with E-state index in [1.165, 1.54) is 18.4 Å². The smallest absolute Gasteiger partial charge is 0.0254 e. The van der Waals surface area contributed by atoms with Gasteiger partial charge >= 0.3 is 0 Å². The third-order valence-electron chi connectivity index (χ3n) is 2.45. The van der Waals surface area contributed by atoms with Crippen LogP contribution in [0.25, 0.3) is 0 Å². The summed E-state index contributed by atoms with van der Waals surface area (Å²) in [5.41, 5.74) is 1.39. The highest BCUT2D eigenvalue weighted by molar-refractivity contribution is 5.15. The third kappa shape index (κ3) is 6.62. The van der Waals surface area contributed by atoms with Crippen molar-refractivity contribution in [2.45, 2.75) is 47.5 Å². The standard InChI is InChI=1S/C13H24/c1-6-8-12(4)10-13(5)9-11(3)7-2/h6,8,10-11,13H,7,9H2,1-5H3. The SMILES string of the molecule is CC=CC(C)=CC(C)CC(C)CC. The Hall–Kier alpha value is -0.520. The Bertz CT molecular complexity index is 174. The Morgan fingerprint density at radius 3 is 2.38 bits per heavy atom. The van der Waals surface area contributed by atoms with Gasteiger partial charge in [0.2, 0.25) is 0 Å². The number of hydrogen-bond acceptors (Lipinski definition) is 0. The van der Waals surface area contributed by atoms with E-state index >= 15 is 0 Å². The summed E-state index contributed by atoms with van der Waals surface area (Å²) in [7, 11) is 0. The average Bonchev–Trinajstić information content (AvgIpc) is 2.04. The molecule has 0 aromatic carbocycles. The first-order chi connectivity index (χ1) is 6.10. The summed E-state index contributed by atoms with van der Waals surface area (Å²) >= 11 is 0. The van der Waals surface area contributed by atoms with Crippen molar-refractivity contribution in [3.8, 4) is 0 Å². The topological polar surface area (TPSA) is 0 Å². The Balaban J connectivity index is 3.97. The first-order valence-electron chi connectivity index (χ1n) is 5.41. The van der Waals surface area contributed by atoms with Crippen molar-refractivity contribution < 1.29 is 0 Å². The van der Waals surface area contributed by atoms with Crippen LogP contribution in [0.15, 0.2) is 23.8 Å². The van der Waals surface area contributed by atoms with Crippen LogP contribution >= 0.6 is 0 Å². The summed E-state index contributed by atoms with van der Waals surface area (Å²) in [6.07, 6.45) is 9.24. The molecule has 2 atom stereocenters. The van der Waals surface area contributed by atoms with E-state index < -0.39 is 0 Å². The molecule has 0 rings (SSSR count). The first-order valence-corrected chi connectivity index (χ1v) is 5.41. The molecule has 0 N–H and O–H groups in total. The lowest BCUT2D eigenvalue weighted by Gasteiger charge is -2.12. The van der Waals surface area contributed by atoms with E-state index in [1.54, 1.807) is 0 Å². The van der Waals surface area contributed by atoms with Crippen molar-refractivity contribution in [2.75, 3.05) is 0 Å². The summed E-state index contributed by atoms with van der Waals surface area (Å²) in [4.78, 5) is 0. The van der Waals surface area contributed by atoms with Gasteiger partial charge in [-0.1, -0.05) is 51.0 Å². The van der Waals surface area contributed by atoms with Crippen LogP contribution in [0.2, 0.25) is 0 Å². The highest BCUT2D eigenvalue weighted by atomic mass is 14.1. The summed E-state index contributed by atoms with van der Waals surface area (Å²) in [6, 6.07) is 0. The minimum atomic E-state index is 0.714. The first kappa shape index (κ1) is 12.5. The van der Waals surface area contributed by atoms with Gasteiger partial charge in [0, 0.05) is 0 Å². The van der Waals surface area contributed by atoms with E-state index in [1.807, 2.05) is 0 Å². The van der Waals surface area contributed by atoms with Crippen LogP contribution in [-0.4, -0.2) is 0 Å². The molecule has 0 aliphatic carbocycles. The van der Waals surface area contributed by atoms with E-state index in [-0.39, 0.29) is 0 Å². The average molecular weight is 180 g/mol. The predicted molar refractivity (Wildman–Crippen MR) is 61.8 cm³/mol. The molecule has 0 heteroatoms. The lowest BCUT2D eigenvalue weighted by molar-refractivity contribution is 0.454. The van der Waals surface area contributed by atoms with Gasteiger partial charge in [-0.05, 0) is 32.1 Å². The van der Waals surface area contributed by atoms with Crippen molar-refractivity contribution in [1.29, 1.82) is 0 Å². The van der Waals surface area contributed by atoms with Gasteiger partial charge in [0.1, 0.15) is 0 Å². The molecule has 0 radical (unpaired) electrons. The van der Waals surface area contributed by atoms with Gasteiger partial charge in [-0.15, -0.1) is 0 Å². The minimum absolute atomic E-state index is 0.714. The number of hydrogen-bond donors (Lipinski definition) is 0. The largest absolute Gasteiger partial charge is 0.0874 e. The lowest BCUT2D eigenvalue weighted by Crippen LogP contribution is -1.99. The molecule has 0 heterocycles. The Morgan fingerprint density at radius 1 is 1.31 bits per heavy atom. The van der Waals surface area contributed by atoms with Gasteiger partial charge in [-0.2, -0.15) is 0 Å². The van der Waals surface area contributed by atoms with E-state index in [0.29, 0.717) is 5.92 Å². The van der Waals surface area contributed by atoms with Gasteiger partial charge in [-0.25, -0.2) is 0 Å². The highest BCUT2D eigenvalue weighted by Crippen LogP contribution is 2.17. The molecule has 0 saturated carbocycles. The molecule has 0 spiro atoms. The van der Waals surface area contributed by atoms with Crippen LogP contribution in [0, 0.1) is 11.8 Å². The molecule has 0 aliphatic rings. The van der Waals surface area contributed by atoms with E-state index in [9.17, 15) is 0 Å². The molecule has 0 nitrogen and oxygen atoms in total. The van der Waals surface area contributed by atoms with Crippen molar-refractivity contribution in [3.63, 3.8) is 0 Å². The molecule has 13 heavy (non-hydrogen) atoms. The summed E-state index contributed by atoms with van der Waals surface area (Å²) < 4.78 is 0. The summed E-state index contributed by atoms with van der Waals surface area (Å²) in [6.45, 7) is 11.1. The second-order valence-corrected chi connectivity index (χ2v) is 4.14. The molecular formula is C13H24. The van der Waals surface area contributed by atoms with Gasteiger partial charge in [0.15, 0.2) is 0 Å². The van der Waals surface area contributed by atoms with Crippen LogP contribution in [0.1, 0.15) is 47.5 Å². The number of allylic oxidation sites excluding steroid dienone is 4. The van der Waals surface area contributed by atoms with Gasteiger partial charge < -0.3 is 0 Å². The highest BCUT2D eigenvalue weighted by Gasteiger charge is 2.03. The van der Waals surface area contributed by atoms with Crippen LogP contribution in [0.3, 0.4) is 0 Å². The van der Waals surface area contributed by atoms with Crippen LogP contribution in [0.5, 0.6) is 0 Å². The fraction of sp³-hybridized carbons (Fsp3) is 0.692. The van der Waals surface area contributed by atoms with Crippen LogP contribution < -0.4 is 0 Å². The van der Waals surface area contributed by atoms with Crippen molar-refractivity contribution in [1.82, 2.24) is 0 Å². The van der Waals surface area contributed by atoms with Crippen molar-refractivity contribution >= 4 is 0 Å². The Labute approximate surface area is 83.7 Å². The zero-order valence-corrected chi connectivity index (χ0v) is 9.80. The quantitative estimate of drug-likeness (QED) is 0.543. The van der Waals surface area contributed by atoms with E-state index in [2.05, 4.69) is 52.8 Å². The molecule has 2 unspecified atom stereocenters. The fourth-order valence-corrected chi connectivity index (χ4v) is 1.64. The molecule has 0 fully saturated rings. The minimum Gasteiger partial charge on any atom is -0.0874 e. The van der Waals surface area contributed by atoms with Crippen molar-refractivity contribution in [2.24, 2.45) is 11.8 Å². The van der Waals surface area contributed by atoms with E-state index in [4.69, 9.17) is 0 Å². The Kier molecular flexibility index (Phi) is 6.66. The lowest BCUT2D eigenvalue weighted by atomic mass is 9.94. The normalized spacial score (nSPS) is 17.8. The molecule has 0 saturated heterocycles. The molecule has 0 aromatic heterocycles. The number of rotatable bonds is 5. The zero-order valence-electron chi connectivity index (χ0n) is 9.80. The predicted octanol–water partition coefficient (Wildman–Crippen LogP) is 4.58. The van der Waals surface area contributed by atoms with E-state index in [0.717, 1.165) is 5.92 Å². The van der Waals surface area contributed by atoms with Gasteiger partial charge in [0.25, 0.3) is 0 Å². The Morgan fingerprint density at radius 2 is 1.92 bits per heavy atom. The molecule has 0 aliphatic heterocycles. The van der Waals surface area contributed by atoms with Gasteiger partial charge in [-0.3, -0.25) is 0 Å². The summed E-state index contributed by atoms with van der Waals surface area (Å²) in [5, 5.41) is 0. The maximum atomic E-state index is 2.37. The van der Waals surface area contributed by atoms with Gasteiger partial charge in [0.05, 0.1) is 0 Å². The molecule has 0 amide bonds. The van der Waals surface area contributed by atoms with Crippen molar-refractivity contribution in [3.05, 3.63) is 23.8 Å². The summed E-state index contributed by atoms with van der Waals surface area (Å²) in [5.74, 6) is 1.57. The maximum Gasteiger partial charge on any atom is -0.0254 e. The second kappa shape index (κ2) is 6.94. The fourth-order valence-electron chi connectivity index (χ4n) is 1.64. The molecular weight excluding hydrogens is 156 g/mol. The monoisotopic (exact) mass is 180 g/mol. The second-order valence-electron chi connectivity index (χ2n) is 4.14. The molecule has 0 aromatic rings. The molecule has 76 valence electrons. The van der Waals surface area contributed by atoms with Crippen LogP contribution in [-0.2, 0) is 0 Å². The molecule has 0 bridgehead atoms.